The Balaban J connectivity index is 1.43. The van der Waals surface area contributed by atoms with Crippen molar-refractivity contribution >= 4 is 43.8 Å². The van der Waals surface area contributed by atoms with Gasteiger partial charge in [0.2, 0.25) is 5.91 Å². The average molecular weight is 479 g/mol. The molecule has 1 atom stereocenters. The zero-order valence-electron chi connectivity index (χ0n) is 17.7. The van der Waals surface area contributed by atoms with E-state index in [0.717, 1.165) is 29.7 Å². The summed E-state index contributed by atoms with van der Waals surface area (Å²) in [6.45, 7) is 1.97. The van der Waals surface area contributed by atoms with Gasteiger partial charge in [-0.1, -0.05) is 19.1 Å². The first kappa shape index (κ1) is 21.5. The molecule has 0 aliphatic heterocycles. The Bertz CT molecular complexity index is 1480. The second-order valence-electron chi connectivity index (χ2n) is 8.23. The van der Waals surface area contributed by atoms with Crippen molar-refractivity contribution in [2.24, 2.45) is 5.92 Å². The Morgan fingerprint density at radius 1 is 1.36 bits per heavy atom. The summed E-state index contributed by atoms with van der Waals surface area (Å²) >= 11 is 2.78. The predicted octanol–water partition coefficient (Wildman–Crippen LogP) is 4.96. The third kappa shape index (κ3) is 3.96. The molecule has 3 heterocycles. The molecule has 0 saturated heterocycles. The number of nitrogens with one attached hydrogen (secondary N) is 1. The second-order valence-corrected chi connectivity index (χ2v) is 10.2. The summed E-state index contributed by atoms with van der Waals surface area (Å²) in [7, 11) is 0. The zero-order valence-corrected chi connectivity index (χ0v) is 19.4. The van der Waals surface area contributed by atoms with Crippen LogP contribution in [0.25, 0.3) is 21.3 Å². The minimum Gasteiger partial charge on any atom is -0.315 e. The fraction of sp³-hybridized carbons (Fsp3) is 0.250. The highest BCUT2D eigenvalue weighted by atomic mass is 32.1. The van der Waals surface area contributed by atoms with Crippen LogP contribution in [-0.4, -0.2) is 15.5 Å². The van der Waals surface area contributed by atoms with Gasteiger partial charge in [0.05, 0.1) is 17.3 Å². The Morgan fingerprint density at radius 2 is 2.15 bits per heavy atom. The van der Waals surface area contributed by atoms with Crippen LogP contribution in [0.3, 0.4) is 0 Å². The molecular weight excluding hydrogens is 459 g/mol. The summed E-state index contributed by atoms with van der Waals surface area (Å²) in [5, 5.41) is 15.2. The van der Waals surface area contributed by atoms with E-state index in [1.807, 2.05) is 5.38 Å². The Labute approximate surface area is 197 Å². The molecule has 3 aromatic heterocycles. The van der Waals surface area contributed by atoms with Gasteiger partial charge in [-0.25, -0.2) is 9.37 Å². The van der Waals surface area contributed by atoms with Gasteiger partial charge in [-0.2, -0.15) is 5.26 Å². The van der Waals surface area contributed by atoms with Crippen LogP contribution in [0, 0.1) is 23.1 Å². The molecule has 0 unspecified atom stereocenters. The van der Waals surface area contributed by atoms with Gasteiger partial charge in [0.1, 0.15) is 28.3 Å². The number of hydrogen-bond acceptors (Lipinski definition) is 6. The number of nitrogens with zero attached hydrogens (tertiary/aromatic N) is 3. The summed E-state index contributed by atoms with van der Waals surface area (Å²) < 4.78 is 14.6. The van der Waals surface area contributed by atoms with Gasteiger partial charge in [0, 0.05) is 15.8 Å². The molecule has 1 aliphatic carbocycles. The number of anilines is 1. The Hall–Kier alpha value is -3.35. The van der Waals surface area contributed by atoms with E-state index in [0.29, 0.717) is 37.8 Å². The SMILES string of the molecule is C[C@@H]1CCc2c(sc(NC(=O)Cn3cnc4scc(-c5ccc(F)cc5)c4c3=O)c2C#N)C1. The van der Waals surface area contributed by atoms with Crippen molar-refractivity contribution in [1.29, 1.82) is 5.26 Å². The average Bonchev–Trinajstić information content (AvgIpc) is 3.37. The van der Waals surface area contributed by atoms with E-state index in [2.05, 4.69) is 23.3 Å². The number of nitriles is 1. The lowest BCUT2D eigenvalue weighted by Gasteiger charge is -2.17. The van der Waals surface area contributed by atoms with E-state index in [9.17, 15) is 19.2 Å². The number of thiophene rings is 2. The molecule has 5 rings (SSSR count). The number of halogens is 1. The molecule has 33 heavy (non-hydrogen) atoms. The maximum atomic E-state index is 13.3. The number of fused-ring (bicyclic) bond motifs is 2. The molecule has 1 aromatic carbocycles. The highest BCUT2D eigenvalue weighted by molar-refractivity contribution is 7.17. The van der Waals surface area contributed by atoms with Gasteiger partial charge in [0.25, 0.3) is 5.56 Å². The summed E-state index contributed by atoms with van der Waals surface area (Å²) in [5.41, 5.74) is 2.61. The maximum absolute atomic E-state index is 13.3. The summed E-state index contributed by atoms with van der Waals surface area (Å²) in [6, 6.07) is 8.15. The van der Waals surface area contributed by atoms with E-state index >= 15 is 0 Å². The van der Waals surface area contributed by atoms with Crippen molar-refractivity contribution in [2.75, 3.05) is 5.32 Å². The topological polar surface area (TPSA) is 87.8 Å². The molecule has 1 N–H and O–H groups in total. The lowest BCUT2D eigenvalue weighted by atomic mass is 9.89. The van der Waals surface area contributed by atoms with Crippen molar-refractivity contribution in [2.45, 2.75) is 32.7 Å². The summed E-state index contributed by atoms with van der Waals surface area (Å²) in [5.74, 6) is -0.185. The van der Waals surface area contributed by atoms with Gasteiger partial charge in [-0.15, -0.1) is 22.7 Å². The molecule has 0 fully saturated rings. The van der Waals surface area contributed by atoms with Crippen LogP contribution >= 0.6 is 22.7 Å². The fourth-order valence-electron chi connectivity index (χ4n) is 4.20. The standard InChI is InChI=1S/C24H19FN4O2S2/c1-13-2-7-16-17(9-26)22(33-19(16)8-13)28-20(30)10-29-12-27-23-21(24(29)31)18(11-32-23)14-3-5-15(25)6-4-14/h3-6,11-13H,2,7-8,10H2,1H3,(H,28,30)/t13-/m1/s1. The molecule has 0 saturated carbocycles. The van der Waals surface area contributed by atoms with E-state index < -0.39 is 0 Å². The number of benzene rings is 1. The van der Waals surface area contributed by atoms with Gasteiger partial charge < -0.3 is 5.32 Å². The van der Waals surface area contributed by atoms with Crippen LogP contribution in [0.5, 0.6) is 0 Å². The number of carbonyl (C=O) groups is 1. The van der Waals surface area contributed by atoms with E-state index in [1.54, 1.807) is 12.1 Å². The van der Waals surface area contributed by atoms with Gasteiger partial charge in [-0.05, 0) is 48.4 Å². The zero-order chi connectivity index (χ0) is 23.1. The highest BCUT2D eigenvalue weighted by Gasteiger charge is 2.25. The van der Waals surface area contributed by atoms with Crippen molar-refractivity contribution in [1.82, 2.24) is 9.55 Å². The van der Waals surface area contributed by atoms with E-state index in [-0.39, 0.29) is 23.8 Å². The van der Waals surface area contributed by atoms with Crippen LogP contribution in [0.2, 0.25) is 0 Å². The van der Waals surface area contributed by atoms with Crippen molar-refractivity contribution in [3.8, 4) is 17.2 Å². The third-order valence-corrected chi connectivity index (χ3v) is 7.96. The first-order valence-corrected chi connectivity index (χ1v) is 12.2. The first-order chi connectivity index (χ1) is 15.9. The summed E-state index contributed by atoms with van der Waals surface area (Å²) in [6.07, 6.45) is 4.15. The molecule has 1 aliphatic rings. The molecule has 6 nitrogen and oxygen atoms in total. The number of hydrogen-bond donors (Lipinski definition) is 1. The molecule has 1 amide bonds. The number of carbonyl (C=O) groups excluding carboxylic acids is 1. The quantitative estimate of drug-likeness (QED) is 0.449. The van der Waals surface area contributed by atoms with E-state index in [1.165, 1.54) is 45.7 Å². The largest absolute Gasteiger partial charge is 0.315 e. The van der Waals surface area contributed by atoms with Crippen molar-refractivity contribution in [3.05, 3.63) is 68.1 Å². The minimum absolute atomic E-state index is 0.218. The number of aromatic nitrogens is 2. The molecule has 4 aromatic rings. The Morgan fingerprint density at radius 3 is 2.91 bits per heavy atom. The Kier molecular flexibility index (Phi) is 5.56. The van der Waals surface area contributed by atoms with Crippen LogP contribution in [0.15, 0.2) is 40.8 Å². The van der Waals surface area contributed by atoms with E-state index in [4.69, 9.17) is 0 Å². The minimum atomic E-state index is -0.389. The molecule has 0 radical (unpaired) electrons. The van der Waals surface area contributed by atoms with Gasteiger partial charge in [-0.3, -0.25) is 14.2 Å². The molecule has 0 spiro atoms. The normalized spacial score (nSPS) is 15.2. The molecule has 166 valence electrons. The lowest BCUT2D eigenvalue weighted by molar-refractivity contribution is -0.116. The molecule has 0 bridgehead atoms. The van der Waals surface area contributed by atoms with Crippen LogP contribution in [-0.2, 0) is 24.2 Å². The highest BCUT2D eigenvalue weighted by Crippen LogP contribution is 2.39. The smallest absolute Gasteiger partial charge is 0.263 e. The monoisotopic (exact) mass is 478 g/mol. The van der Waals surface area contributed by atoms with Crippen molar-refractivity contribution in [3.63, 3.8) is 0 Å². The maximum Gasteiger partial charge on any atom is 0.263 e. The van der Waals surface area contributed by atoms with Crippen molar-refractivity contribution < 1.29 is 9.18 Å². The lowest BCUT2D eigenvalue weighted by Crippen LogP contribution is -2.27. The number of amides is 1. The second kappa shape index (κ2) is 8.54. The van der Waals surface area contributed by atoms with Gasteiger partial charge in [0.15, 0.2) is 0 Å². The summed E-state index contributed by atoms with van der Waals surface area (Å²) in [4.78, 5) is 32.0. The molecular formula is C24H19FN4O2S2. The van der Waals surface area contributed by atoms with Crippen LogP contribution < -0.4 is 10.9 Å². The van der Waals surface area contributed by atoms with Crippen LogP contribution in [0.4, 0.5) is 9.39 Å². The molecule has 9 heteroatoms. The van der Waals surface area contributed by atoms with Crippen LogP contribution in [0.1, 0.15) is 29.3 Å². The fourth-order valence-corrected chi connectivity index (χ4v) is 6.48. The predicted molar refractivity (Wildman–Crippen MR) is 128 cm³/mol. The number of rotatable bonds is 4. The third-order valence-electron chi connectivity index (χ3n) is 5.91. The van der Waals surface area contributed by atoms with Gasteiger partial charge >= 0.3 is 0 Å². The first-order valence-electron chi connectivity index (χ1n) is 10.5.